The Bertz CT molecular complexity index is 456. The molecule has 0 amide bonds. The maximum atomic E-state index is 11.5. The molecule has 0 fully saturated rings. The fourth-order valence-corrected chi connectivity index (χ4v) is 1.60. The fraction of sp³-hybridized carbons (Fsp3) is 0.462. The summed E-state index contributed by atoms with van der Waals surface area (Å²) < 4.78 is 11.1. The van der Waals surface area contributed by atoms with Crippen molar-refractivity contribution in [2.24, 2.45) is 0 Å². The molecule has 1 rings (SSSR count). The Balaban J connectivity index is 2.52. The van der Waals surface area contributed by atoms with Gasteiger partial charge in [-0.25, -0.2) is 4.79 Å². The van der Waals surface area contributed by atoms with Gasteiger partial charge in [-0.2, -0.15) is 0 Å². The molecular weight excluding hydrogens is 335 g/mol. The average Bonchev–Trinajstić information content (AvgIpc) is 2.28. The van der Waals surface area contributed by atoms with E-state index in [1.807, 2.05) is 0 Å². The van der Waals surface area contributed by atoms with Gasteiger partial charge in [-0.3, -0.25) is 0 Å². The van der Waals surface area contributed by atoms with E-state index in [4.69, 9.17) is 21.1 Å². The number of ether oxygens (including phenoxy) is 2. The third-order valence-electron chi connectivity index (χ3n) is 1.98. The Kier molecular flexibility index (Phi) is 5.64. The highest BCUT2D eigenvalue weighted by Crippen LogP contribution is 2.26. The molecule has 0 aliphatic carbocycles. The summed E-state index contributed by atoms with van der Waals surface area (Å²) >= 11 is 9.15. The number of halogens is 2. The fourth-order valence-electron chi connectivity index (χ4n) is 1.18. The summed E-state index contributed by atoms with van der Waals surface area (Å²) in [5, 5.41) is 10.1. The van der Waals surface area contributed by atoms with Crippen LogP contribution in [0.15, 0.2) is 22.7 Å². The van der Waals surface area contributed by atoms with Gasteiger partial charge in [0.1, 0.15) is 18.0 Å². The highest BCUT2D eigenvalue weighted by Gasteiger charge is 2.23. The first kappa shape index (κ1) is 16.3. The number of hydrogen-bond acceptors (Lipinski definition) is 4. The highest BCUT2D eigenvalue weighted by atomic mass is 79.9. The molecule has 0 unspecified atom stereocenters. The quantitative estimate of drug-likeness (QED) is 0.847. The molecule has 19 heavy (non-hydrogen) atoms. The van der Waals surface area contributed by atoms with Crippen LogP contribution in [0.3, 0.4) is 0 Å². The third-order valence-corrected chi connectivity index (χ3v) is 3.21. The zero-order valence-corrected chi connectivity index (χ0v) is 13.3. The molecule has 6 heteroatoms. The number of esters is 1. The van der Waals surface area contributed by atoms with Gasteiger partial charge in [-0.15, -0.1) is 0 Å². The lowest BCUT2D eigenvalue weighted by molar-refractivity contribution is -0.166. The van der Waals surface area contributed by atoms with E-state index in [1.165, 1.54) is 0 Å². The molecule has 0 saturated heterocycles. The van der Waals surface area contributed by atoms with E-state index in [1.54, 1.807) is 39.0 Å². The SMILES string of the molecule is CC(C)(C)OC(=O)[C@H](O)COc1ccc(Br)c(Cl)c1. The zero-order valence-electron chi connectivity index (χ0n) is 10.9. The summed E-state index contributed by atoms with van der Waals surface area (Å²) in [5.74, 6) is -0.244. The van der Waals surface area contributed by atoms with Crippen LogP contribution in [0.4, 0.5) is 0 Å². The maximum Gasteiger partial charge on any atom is 0.339 e. The minimum Gasteiger partial charge on any atom is -0.490 e. The van der Waals surface area contributed by atoms with E-state index >= 15 is 0 Å². The number of carbonyl (C=O) groups excluding carboxylic acids is 1. The summed E-state index contributed by atoms with van der Waals surface area (Å²) in [4.78, 5) is 11.5. The van der Waals surface area contributed by atoms with Gasteiger partial charge >= 0.3 is 5.97 Å². The molecule has 1 aromatic rings. The lowest BCUT2D eigenvalue weighted by atomic mass is 10.2. The monoisotopic (exact) mass is 350 g/mol. The molecule has 0 saturated carbocycles. The van der Waals surface area contributed by atoms with Crippen LogP contribution in [0.5, 0.6) is 5.75 Å². The van der Waals surface area contributed by atoms with Crippen LogP contribution in [0, 0.1) is 0 Å². The van der Waals surface area contributed by atoms with Gasteiger partial charge in [-0.05, 0) is 54.9 Å². The van der Waals surface area contributed by atoms with E-state index in [0.29, 0.717) is 10.8 Å². The number of benzene rings is 1. The zero-order chi connectivity index (χ0) is 14.6. The van der Waals surface area contributed by atoms with E-state index in [0.717, 1.165) is 4.47 Å². The molecule has 106 valence electrons. The predicted molar refractivity (Wildman–Crippen MR) is 76.5 cm³/mol. The van der Waals surface area contributed by atoms with Crippen molar-refractivity contribution in [2.45, 2.75) is 32.5 Å². The van der Waals surface area contributed by atoms with E-state index in [-0.39, 0.29) is 6.61 Å². The molecule has 4 nitrogen and oxygen atoms in total. The van der Waals surface area contributed by atoms with Gasteiger partial charge in [0.2, 0.25) is 0 Å². The predicted octanol–water partition coefficient (Wildman–Crippen LogP) is 3.18. The van der Waals surface area contributed by atoms with Crippen LogP contribution in [0.1, 0.15) is 20.8 Å². The number of aliphatic hydroxyl groups excluding tert-OH is 1. The van der Waals surface area contributed by atoms with E-state index < -0.39 is 17.7 Å². The van der Waals surface area contributed by atoms with Crippen molar-refractivity contribution in [3.05, 3.63) is 27.7 Å². The molecule has 0 aromatic heterocycles. The van der Waals surface area contributed by atoms with Crippen LogP contribution in [0.25, 0.3) is 0 Å². The van der Waals surface area contributed by atoms with Crippen LogP contribution < -0.4 is 4.74 Å². The van der Waals surface area contributed by atoms with Gasteiger partial charge in [-0.1, -0.05) is 11.6 Å². The second kappa shape index (κ2) is 6.59. The molecule has 1 atom stereocenters. The normalized spacial score (nSPS) is 12.9. The van der Waals surface area contributed by atoms with Gasteiger partial charge in [0.05, 0.1) is 5.02 Å². The first-order valence-electron chi connectivity index (χ1n) is 5.68. The van der Waals surface area contributed by atoms with Crippen LogP contribution in [-0.4, -0.2) is 29.4 Å². The first-order chi connectivity index (χ1) is 8.69. The minimum absolute atomic E-state index is 0.188. The number of carbonyl (C=O) groups is 1. The summed E-state index contributed by atoms with van der Waals surface area (Å²) in [6, 6.07) is 4.99. The van der Waals surface area contributed by atoms with Crippen molar-refractivity contribution < 1.29 is 19.4 Å². The van der Waals surface area contributed by atoms with Crippen LogP contribution in [-0.2, 0) is 9.53 Å². The molecular formula is C13H16BrClO4. The average molecular weight is 352 g/mol. The number of aliphatic hydroxyl groups is 1. The topological polar surface area (TPSA) is 55.8 Å². The Hall–Kier alpha value is -0.780. The van der Waals surface area contributed by atoms with Crippen LogP contribution in [0.2, 0.25) is 5.02 Å². The molecule has 0 spiro atoms. The largest absolute Gasteiger partial charge is 0.490 e. The number of rotatable bonds is 4. The lowest BCUT2D eigenvalue weighted by Gasteiger charge is -2.21. The van der Waals surface area contributed by atoms with E-state index in [2.05, 4.69) is 15.9 Å². The Morgan fingerprint density at radius 1 is 1.47 bits per heavy atom. The summed E-state index contributed by atoms with van der Waals surface area (Å²) in [7, 11) is 0. The Morgan fingerprint density at radius 3 is 2.63 bits per heavy atom. The number of hydrogen-bond donors (Lipinski definition) is 1. The second-order valence-corrected chi connectivity index (χ2v) is 6.20. The molecule has 0 heterocycles. The van der Waals surface area contributed by atoms with Gasteiger partial charge in [0.15, 0.2) is 6.10 Å². The Morgan fingerprint density at radius 2 is 2.11 bits per heavy atom. The lowest BCUT2D eigenvalue weighted by Crippen LogP contribution is -2.35. The standard InChI is InChI=1S/C13H16BrClO4/c1-13(2,3)19-12(17)11(16)7-18-8-4-5-9(14)10(15)6-8/h4-6,11,16H,7H2,1-3H3/t11-/m1/s1. The summed E-state index contributed by atoms with van der Waals surface area (Å²) in [6.07, 6.45) is -1.33. The van der Waals surface area contributed by atoms with Crippen molar-refractivity contribution in [3.63, 3.8) is 0 Å². The minimum atomic E-state index is -1.33. The van der Waals surface area contributed by atoms with Crippen molar-refractivity contribution in [3.8, 4) is 5.75 Å². The summed E-state index contributed by atoms with van der Waals surface area (Å²) in [5.41, 5.74) is -0.640. The molecule has 1 N–H and O–H groups in total. The maximum absolute atomic E-state index is 11.5. The van der Waals surface area contributed by atoms with Crippen molar-refractivity contribution in [2.75, 3.05) is 6.61 Å². The molecule has 0 radical (unpaired) electrons. The summed E-state index contributed by atoms with van der Waals surface area (Å²) in [6.45, 7) is 5.00. The van der Waals surface area contributed by atoms with Gasteiger partial charge in [0.25, 0.3) is 0 Å². The molecule has 1 aromatic carbocycles. The molecule has 0 aliphatic heterocycles. The second-order valence-electron chi connectivity index (χ2n) is 4.94. The van der Waals surface area contributed by atoms with Crippen molar-refractivity contribution >= 4 is 33.5 Å². The highest BCUT2D eigenvalue weighted by molar-refractivity contribution is 9.10. The Labute approximate surface area is 125 Å². The van der Waals surface area contributed by atoms with Gasteiger partial charge in [0, 0.05) is 4.47 Å². The molecule has 0 aliphatic rings. The first-order valence-corrected chi connectivity index (χ1v) is 6.85. The third kappa shape index (κ3) is 5.80. The van der Waals surface area contributed by atoms with Crippen molar-refractivity contribution in [1.29, 1.82) is 0 Å². The van der Waals surface area contributed by atoms with Crippen molar-refractivity contribution in [1.82, 2.24) is 0 Å². The molecule has 0 bridgehead atoms. The van der Waals surface area contributed by atoms with E-state index in [9.17, 15) is 9.90 Å². The van der Waals surface area contributed by atoms with Crippen LogP contribution >= 0.6 is 27.5 Å². The smallest absolute Gasteiger partial charge is 0.339 e. The van der Waals surface area contributed by atoms with Gasteiger partial charge < -0.3 is 14.6 Å².